The van der Waals surface area contributed by atoms with Gasteiger partial charge in [-0.1, -0.05) is 44.2 Å². The predicted octanol–water partition coefficient (Wildman–Crippen LogP) is 2.37. The molecule has 1 heterocycles. The Morgan fingerprint density at radius 3 is 2.46 bits per heavy atom. The highest BCUT2D eigenvalue weighted by Crippen LogP contribution is 2.52. The number of likely N-dealkylation sites (N-methyl/N-ethyl adjacent to an activating group) is 1. The number of nitrogens with one attached hydrogen (secondary N) is 2. The third kappa shape index (κ3) is 3.65. The van der Waals surface area contributed by atoms with Crippen LogP contribution in [0.15, 0.2) is 30.3 Å². The van der Waals surface area contributed by atoms with Crippen molar-refractivity contribution in [3.63, 3.8) is 0 Å². The van der Waals surface area contributed by atoms with Crippen LogP contribution < -0.4 is 10.6 Å². The monoisotopic (exact) mass is 329 g/mol. The number of carbonyl (C=O) groups is 1. The fourth-order valence-corrected chi connectivity index (χ4v) is 4.28. The molecule has 0 spiro atoms. The van der Waals surface area contributed by atoms with Crippen molar-refractivity contribution in [2.75, 3.05) is 26.7 Å². The average molecular weight is 329 g/mol. The van der Waals surface area contributed by atoms with E-state index in [9.17, 15) is 4.79 Å². The predicted molar refractivity (Wildman–Crippen MR) is 98.0 cm³/mol. The van der Waals surface area contributed by atoms with Crippen molar-refractivity contribution < 1.29 is 4.79 Å². The molecule has 3 rings (SSSR count). The summed E-state index contributed by atoms with van der Waals surface area (Å²) in [6.45, 7) is 7.36. The van der Waals surface area contributed by atoms with Crippen LogP contribution >= 0.6 is 0 Å². The van der Waals surface area contributed by atoms with Gasteiger partial charge in [0.25, 0.3) is 0 Å². The van der Waals surface area contributed by atoms with Crippen LogP contribution in [-0.2, 0) is 4.79 Å². The van der Waals surface area contributed by atoms with Crippen LogP contribution in [0.2, 0.25) is 0 Å². The minimum atomic E-state index is 0.118. The molecule has 2 N–H and O–H groups in total. The van der Waals surface area contributed by atoms with Crippen LogP contribution in [0.3, 0.4) is 0 Å². The van der Waals surface area contributed by atoms with Crippen LogP contribution in [0.25, 0.3) is 0 Å². The van der Waals surface area contributed by atoms with Crippen LogP contribution in [0.4, 0.5) is 0 Å². The number of nitrogens with zero attached hydrogens (tertiary/aromatic N) is 1. The van der Waals surface area contributed by atoms with E-state index < -0.39 is 0 Å². The van der Waals surface area contributed by atoms with Gasteiger partial charge in [0.15, 0.2) is 0 Å². The average Bonchev–Trinajstić information content (AvgIpc) is 2.60. The minimum absolute atomic E-state index is 0.118. The van der Waals surface area contributed by atoms with Gasteiger partial charge in [-0.25, -0.2) is 0 Å². The lowest BCUT2D eigenvalue weighted by Gasteiger charge is -2.54. The highest BCUT2D eigenvalue weighted by atomic mass is 16.1. The molecule has 0 unspecified atom stereocenters. The molecule has 1 saturated carbocycles. The van der Waals surface area contributed by atoms with E-state index in [1.807, 2.05) is 0 Å². The molecule has 24 heavy (non-hydrogen) atoms. The van der Waals surface area contributed by atoms with E-state index >= 15 is 0 Å². The van der Waals surface area contributed by atoms with Crippen molar-refractivity contribution in [3.05, 3.63) is 35.9 Å². The summed E-state index contributed by atoms with van der Waals surface area (Å²) in [6, 6.07) is 12.1. The lowest BCUT2D eigenvalue weighted by molar-refractivity contribution is -0.122. The molecule has 1 aromatic carbocycles. The number of rotatable bonds is 5. The summed E-state index contributed by atoms with van der Waals surface area (Å²) in [6.07, 6.45) is 3.51. The van der Waals surface area contributed by atoms with Gasteiger partial charge >= 0.3 is 0 Å². The molecule has 0 aromatic heterocycles. The number of hydrogen-bond acceptors (Lipinski definition) is 3. The minimum Gasteiger partial charge on any atom is -0.358 e. The second-order valence-electron chi connectivity index (χ2n) is 7.96. The van der Waals surface area contributed by atoms with Crippen molar-refractivity contribution in [1.29, 1.82) is 0 Å². The Kier molecular flexibility index (Phi) is 5.26. The third-order valence-corrected chi connectivity index (χ3v) is 6.14. The lowest BCUT2D eigenvalue weighted by atomic mass is 9.56. The van der Waals surface area contributed by atoms with Crippen molar-refractivity contribution in [3.8, 4) is 0 Å². The van der Waals surface area contributed by atoms with Gasteiger partial charge in [-0.15, -0.1) is 0 Å². The molecule has 0 radical (unpaired) electrons. The molecule has 2 aliphatic rings. The molecular weight excluding hydrogens is 298 g/mol. The molecule has 0 bridgehead atoms. The normalized spacial score (nSPS) is 27.5. The summed E-state index contributed by atoms with van der Waals surface area (Å²) in [5.41, 5.74) is 1.78. The molecule has 1 aliphatic carbocycles. The van der Waals surface area contributed by atoms with E-state index in [1.54, 1.807) is 7.05 Å². The second kappa shape index (κ2) is 7.24. The third-order valence-electron chi connectivity index (χ3n) is 6.14. The maximum Gasteiger partial charge on any atom is 0.233 e. The van der Waals surface area contributed by atoms with E-state index in [2.05, 4.69) is 59.7 Å². The first kappa shape index (κ1) is 17.4. The molecule has 4 nitrogen and oxygen atoms in total. The van der Waals surface area contributed by atoms with E-state index in [4.69, 9.17) is 0 Å². The van der Waals surface area contributed by atoms with E-state index in [1.165, 1.54) is 12.0 Å². The summed E-state index contributed by atoms with van der Waals surface area (Å²) in [7, 11) is 1.71. The maximum atomic E-state index is 11.5. The van der Waals surface area contributed by atoms with Gasteiger partial charge in [-0.05, 0) is 36.2 Å². The standard InChI is InChI=1S/C20H31N3O/c1-20(2)17(15-7-5-4-6-8-15)13-18(20)22-16-9-11-23(12-10-16)14-19(24)21-3/h4-8,16-18,22H,9-14H2,1-3H3,(H,21,24)/t17-,18-/m0/s1. The maximum absolute atomic E-state index is 11.5. The van der Waals surface area contributed by atoms with Gasteiger partial charge in [0.1, 0.15) is 0 Å². The molecule has 1 saturated heterocycles. The molecule has 2 fully saturated rings. The van der Waals surface area contributed by atoms with E-state index in [0.717, 1.165) is 25.9 Å². The summed E-state index contributed by atoms with van der Waals surface area (Å²) in [5.74, 6) is 0.775. The first-order chi connectivity index (χ1) is 11.5. The molecule has 132 valence electrons. The van der Waals surface area contributed by atoms with Gasteiger partial charge in [0.2, 0.25) is 5.91 Å². The smallest absolute Gasteiger partial charge is 0.233 e. The zero-order valence-corrected chi connectivity index (χ0v) is 15.2. The topological polar surface area (TPSA) is 44.4 Å². The van der Waals surface area contributed by atoms with Crippen LogP contribution in [0.5, 0.6) is 0 Å². The zero-order chi connectivity index (χ0) is 17.2. The quantitative estimate of drug-likeness (QED) is 0.872. The first-order valence-corrected chi connectivity index (χ1v) is 9.24. The van der Waals surface area contributed by atoms with Crippen molar-refractivity contribution in [2.24, 2.45) is 5.41 Å². The Morgan fingerprint density at radius 2 is 1.88 bits per heavy atom. The molecule has 1 aromatic rings. The number of likely N-dealkylation sites (tertiary alicyclic amines) is 1. The fraction of sp³-hybridized carbons (Fsp3) is 0.650. The Hall–Kier alpha value is -1.39. The summed E-state index contributed by atoms with van der Waals surface area (Å²) >= 11 is 0. The molecular formula is C20H31N3O. The zero-order valence-electron chi connectivity index (χ0n) is 15.2. The van der Waals surface area contributed by atoms with E-state index in [0.29, 0.717) is 30.0 Å². The number of piperidine rings is 1. The Morgan fingerprint density at radius 1 is 1.21 bits per heavy atom. The van der Waals surface area contributed by atoms with Gasteiger partial charge in [0, 0.05) is 32.2 Å². The van der Waals surface area contributed by atoms with Gasteiger partial charge in [-0.3, -0.25) is 9.69 Å². The number of amides is 1. The number of carbonyl (C=O) groups excluding carboxylic acids is 1. The molecule has 1 aliphatic heterocycles. The number of benzene rings is 1. The Bertz CT molecular complexity index is 549. The first-order valence-electron chi connectivity index (χ1n) is 9.24. The SMILES string of the molecule is CNC(=O)CN1CCC(N[C@H]2C[C@@H](c3ccccc3)C2(C)C)CC1. The second-order valence-corrected chi connectivity index (χ2v) is 7.96. The molecule has 4 heteroatoms. The van der Waals surface area contributed by atoms with E-state index in [-0.39, 0.29) is 5.91 Å². The molecule has 2 atom stereocenters. The van der Waals surface area contributed by atoms with Gasteiger partial charge in [0.05, 0.1) is 6.54 Å². The fourth-order valence-electron chi connectivity index (χ4n) is 4.28. The van der Waals surface area contributed by atoms with Crippen molar-refractivity contribution in [1.82, 2.24) is 15.5 Å². The molecule has 1 amide bonds. The summed E-state index contributed by atoms with van der Waals surface area (Å²) < 4.78 is 0. The Balaban J connectivity index is 1.48. The summed E-state index contributed by atoms with van der Waals surface area (Å²) in [5, 5.41) is 6.61. The number of hydrogen-bond donors (Lipinski definition) is 2. The van der Waals surface area contributed by atoms with Crippen LogP contribution in [0.1, 0.15) is 44.6 Å². The van der Waals surface area contributed by atoms with Crippen LogP contribution in [-0.4, -0.2) is 49.6 Å². The summed E-state index contributed by atoms with van der Waals surface area (Å²) in [4.78, 5) is 13.7. The lowest BCUT2D eigenvalue weighted by Crippen LogP contribution is -2.59. The van der Waals surface area contributed by atoms with Gasteiger partial charge in [-0.2, -0.15) is 0 Å². The van der Waals surface area contributed by atoms with Crippen molar-refractivity contribution in [2.45, 2.75) is 51.1 Å². The van der Waals surface area contributed by atoms with Crippen molar-refractivity contribution >= 4 is 5.91 Å². The highest BCUT2D eigenvalue weighted by molar-refractivity contribution is 5.77. The highest BCUT2D eigenvalue weighted by Gasteiger charge is 2.49. The Labute approximate surface area is 146 Å². The largest absolute Gasteiger partial charge is 0.358 e. The van der Waals surface area contributed by atoms with Gasteiger partial charge < -0.3 is 10.6 Å². The van der Waals surface area contributed by atoms with Crippen LogP contribution in [0, 0.1) is 5.41 Å².